The van der Waals surface area contributed by atoms with Crippen molar-refractivity contribution < 1.29 is 87.9 Å². The first-order valence-electron chi connectivity index (χ1n) is 5.54. The summed E-state index contributed by atoms with van der Waals surface area (Å²) in [5, 5.41) is 0.0532. The summed E-state index contributed by atoms with van der Waals surface area (Å²) in [5.74, 6) is 0. The van der Waals surface area contributed by atoms with Crippen molar-refractivity contribution in [1.82, 2.24) is 0 Å². The molecular weight excluding hydrogens is 421 g/mol. The third-order valence-corrected chi connectivity index (χ3v) is 4.99. The van der Waals surface area contributed by atoms with E-state index >= 15 is 0 Å². The molecule has 0 saturated heterocycles. The molecule has 2 N–H and O–H groups in total. The molecule has 0 amide bonds. The minimum absolute atomic E-state index is 0. The van der Waals surface area contributed by atoms with Gasteiger partial charge in [-0.25, -0.2) is 0 Å². The molecule has 6 nitrogen and oxygen atoms in total. The number of halogens is 2. The third kappa shape index (κ3) is 5.94. The Hall–Kier alpha value is 0.840. The molecule has 0 bridgehead atoms. The van der Waals surface area contributed by atoms with E-state index < -0.39 is 30.0 Å². The Morgan fingerprint density at radius 1 is 0.708 bits per heavy atom. The van der Waals surface area contributed by atoms with Gasteiger partial charge in [-0.1, -0.05) is 35.3 Å². The van der Waals surface area contributed by atoms with E-state index in [-0.39, 0.29) is 83.1 Å². The van der Waals surface area contributed by atoms with Gasteiger partial charge in [0.1, 0.15) is 9.79 Å². The molecule has 12 heteroatoms. The quantitative estimate of drug-likeness (QED) is 0.407. The van der Waals surface area contributed by atoms with E-state index in [1.807, 2.05) is 0 Å². The van der Waals surface area contributed by atoms with Crippen LogP contribution in [0.4, 0.5) is 0 Å². The van der Waals surface area contributed by atoms with E-state index in [9.17, 15) is 25.9 Å². The number of hydrogen-bond donors (Lipinski definition) is 2. The van der Waals surface area contributed by atoms with Gasteiger partial charge in [-0.05, 0) is 24.3 Å². The second kappa shape index (κ2) is 9.16. The Bertz CT molecular complexity index is 892. The van der Waals surface area contributed by atoms with E-state index in [4.69, 9.17) is 23.2 Å². The van der Waals surface area contributed by atoms with Gasteiger partial charge in [0, 0.05) is 21.2 Å². The monoisotopic (exact) mass is 430 g/mol. The molecule has 0 heterocycles. The minimum Gasteiger partial charge on any atom is -1.00 e. The molecule has 0 aromatic heterocycles. The Morgan fingerprint density at radius 3 is 1.25 bits per heavy atom. The molecule has 0 aliphatic carbocycles. The summed E-state index contributed by atoms with van der Waals surface area (Å²) in [4.78, 5) is -1.18. The molecule has 0 spiro atoms. The molecule has 0 radical (unpaired) electrons. The first-order valence-corrected chi connectivity index (χ1v) is 9.18. The summed E-state index contributed by atoms with van der Waals surface area (Å²) >= 11 is 11.4. The van der Waals surface area contributed by atoms with Crippen LogP contribution in [-0.2, 0) is 20.2 Å². The molecule has 0 fully saturated rings. The predicted molar refractivity (Wildman–Crippen MR) is 83.8 cm³/mol. The second-order valence-electron chi connectivity index (χ2n) is 4.23. The van der Waals surface area contributed by atoms with Crippen LogP contribution in [0.25, 0.3) is 11.1 Å². The number of rotatable bonds is 3. The summed E-state index contributed by atoms with van der Waals surface area (Å²) in [7, 11) is -9.34. The smallest absolute Gasteiger partial charge is 1.00 e. The van der Waals surface area contributed by atoms with Crippen LogP contribution < -0.4 is 59.1 Å². The second-order valence-corrected chi connectivity index (χ2v) is 7.88. The number of hydrogen-bond acceptors (Lipinski definition) is 4. The van der Waals surface area contributed by atoms with E-state index in [2.05, 4.69) is 0 Å². The van der Waals surface area contributed by atoms with Gasteiger partial charge in [-0.2, -0.15) is 16.8 Å². The maximum atomic E-state index is 11.5. The van der Waals surface area contributed by atoms with Crippen molar-refractivity contribution in [3.8, 4) is 11.1 Å². The van der Waals surface area contributed by atoms with Gasteiger partial charge in [0.25, 0.3) is 20.2 Å². The molecule has 2 aromatic rings. The third-order valence-electron chi connectivity index (χ3n) is 2.73. The van der Waals surface area contributed by atoms with Crippen LogP contribution in [-0.4, -0.2) is 25.9 Å². The first-order chi connectivity index (χ1) is 10.00. The average molecular weight is 431 g/mol. The molecule has 0 saturated carbocycles. The van der Waals surface area contributed by atoms with Gasteiger partial charge < -0.3 is 2.85 Å². The van der Waals surface area contributed by atoms with Crippen molar-refractivity contribution in [1.29, 1.82) is 0 Å². The molecule has 0 aliphatic rings. The Labute approximate surface area is 196 Å². The van der Waals surface area contributed by atoms with Gasteiger partial charge in [0.2, 0.25) is 0 Å². The predicted octanol–water partition coefficient (Wildman–Crippen LogP) is -2.61. The SMILES string of the molecule is O=S(=O)(O)c1cc(Cl)ccc1-c1ccc(Cl)cc1S(=O)(=O)O.[H-].[H-].[Na+].[Na+]. The van der Waals surface area contributed by atoms with Gasteiger partial charge >= 0.3 is 59.1 Å². The molecule has 122 valence electrons. The Kier molecular flexibility index (Phi) is 9.48. The van der Waals surface area contributed by atoms with Crippen LogP contribution in [0.1, 0.15) is 2.85 Å². The molecule has 0 aliphatic heterocycles. The molecule has 2 aromatic carbocycles. The number of benzene rings is 2. The van der Waals surface area contributed by atoms with Crippen molar-refractivity contribution in [3.05, 3.63) is 46.4 Å². The van der Waals surface area contributed by atoms with E-state index in [0.29, 0.717) is 0 Å². The van der Waals surface area contributed by atoms with Crippen LogP contribution in [0.3, 0.4) is 0 Å². The standard InChI is InChI=1S/C12H8Cl2O6S2.2Na.2H/c13-7-1-3-9(11(5-7)21(15,16)17)10-4-2-8(14)6-12(10)22(18,19)20;;;;/h1-6H,(H,15,16,17)(H,18,19,20);;;;/q;2*+1;2*-1. The molecule has 24 heavy (non-hydrogen) atoms. The van der Waals surface area contributed by atoms with Crippen molar-refractivity contribution in [2.75, 3.05) is 0 Å². The van der Waals surface area contributed by atoms with Gasteiger partial charge in [0.05, 0.1) is 0 Å². The van der Waals surface area contributed by atoms with Crippen LogP contribution >= 0.6 is 23.2 Å². The summed E-state index contributed by atoms with van der Waals surface area (Å²) in [6.07, 6.45) is 0. The van der Waals surface area contributed by atoms with E-state index in [1.54, 1.807) is 0 Å². The zero-order valence-corrected chi connectivity index (χ0v) is 19.7. The van der Waals surface area contributed by atoms with Crippen LogP contribution in [0.5, 0.6) is 0 Å². The van der Waals surface area contributed by atoms with Gasteiger partial charge in [0.15, 0.2) is 0 Å². The summed E-state index contributed by atoms with van der Waals surface area (Å²) in [6, 6.07) is 6.98. The first kappa shape index (κ1) is 24.8. The molecule has 0 atom stereocenters. The minimum atomic E-state index is -4.67. The fraction of sp³-hybridized carbons (Fsp3) is 0. The van der Waals surface area contributed by atoms with Crippen molar-refractivity contribution in [2.45, 2.75) is 9.79 Å². The van der Waals surface area contributed by atoms with Crippen LogP contribution in [0, 0.1) is 0 Å². The summed E-state index contributed by atoms with van der Waals surface area (Å²) < 4.78 is 64.4. The zero-order valence-electron chi connectivity index (χ0n) is 14.6. The molecular formula is C12H10Cl2Na2O6S2. The fourth-order valence-corrected chi connectivity index (χ4v) is 3.80. The van der Waals surface area contributed by atoms with Crippen molar-refractivity contribution in [2.24, 2.45) is 0 Å². The van der Waals surface area contributed by atoms with Gasteiger partial charge in [-0.3, -0.25) is 9.11 Å². The fourth-order valence-electron chi connectivity index (χ4n) is 1.86. The normalized spacial score (nSPS) is 11.3. The van der Waals surface area contributed by atoms with Crippen molar-refractivity contribution >= 4 is 43.4 Å². The topological polar surface area (TPSA) is 109 Å². The zero-order chi connectivity index (χ0) is 16.7. The molecule has 2 rings (SSSR count). The van der Waals surface area contributed by atoms with Gasteiger partial charge in [-0.15, -0.1) is 0 Å². The Balaban J connectivity index is -0.00000132. The Morgan fingerprint density at radius 2 is 1.00 bits per heavy atom. The van der Waals surface area contributed by atoms with Crippen molar-refractivity contribution in [3.63, 3.8) is 0 Å². The van der Waals surface area contributed by atoms with E-state index in [0.717, 1.165) is 12.1 Å². The maximum absolute atomic E-state index is 11.5. The van der Waals surface area contributed by atoms with E-state index in [1.165, 1.54) is 24.3 Å². The largest absolute Gasteiger partial charge is 1.00 e. The summed E-state index contributed by atoms with van der Waals surface area (Å²) in [5.41, 5.74) is -0.285. The molecule has 0 unspecified atom stereocenters. The summed E-state index contributed by atoms with van der Waals surface area (Å²) in [6.45, 7) is 0. The van der Waals surface area contributed by atoms with Crippen LogP contribution in [0.15, 0.2) is 46.2 Å². The maximum Gasteiger partial charge on any atom is 1.00 e. The van der Waals surface area contributed by atoms with Crippen LogP contribution in [0.2, 0.25) is 10.0 Å². The average Bonchev–Trinajstić information content (AvgIpc) is 2.37.